The lowest BCUT2D eigenvalue weighted by Gasteiger charge is -2.10. The summed E-state index contributed by atoms with van der Waals surface area (Å²) in [5.41, 5.74) is 0.843. The van der Waals surface area contributed by atoms with Gasteiger partial charge < -0.3 is 9.84 Å². The number of ether oxygens (including phenoxy) is 1. The Morgan fingerprint density at radius 2 is 1.81 bits per heavy atom. The number of carboxylic acids is 1. The van der Waals surface area contributed by atoms with Crippen LogP contribution in [0.1, 0.15) is 11.1 Å². The van der Waals surface area contributed by atoms with Crippen LogP contribution in [0, 0.1) is 18.6 Å². The molecule has 0 saturated heterocycles. The van der Waals surface area contributed by atoms with Gasteiger partial charge in [-0.3, -0.25) is 0 Å². The van der Waals surface area contributed by atoms with Gasteiger partial charge in [-0.25, -0.2) is 13.6 Å². The van der Waals surface area contributed by atoms with Gasteiger partial charge in [0, 0.05) is 6.08 Å². The standard InChI is InChI=1S/C16H12F2O3/c1-10-4-2-3-5-14(10)21-16-12(17)8-11(9-13(16)18)6-7-15(19)20/h2-9H,1H3,(H,19,20). The first-order valence-electron chi connectivity index (χ1n) is 6.11. The molecule has 0 aromatic heterocycles. The minimum absolute atomic E-state index is 0.101. The molecule has 2 rings (SSSR count). The predicted octanol–water partition coefficient (Wildman–Crippen LogP) is 4.16. The van der Waals surface area contributed by atoms with Crippen LogP contribution in [0.5, 0.6) is 11.5 Å². The van der Waals surface area contributed by atoms with Crippen LogP contribution in [0.3, 0.4) is 0 Å². The van der Waals surface area contributed by atoms with Crippen LogP contribution in [-0.2, 0) is 4.79 Å². The summed E-state index contributed by atoms with van der Waals surface area (Å²) in [6, 6.07) is 8.87. The number of hydrogen-bond donors (Lipinski definition) is 1. The Labute approximate surface area is 120 Å². The molecule has 21 heavy (non-hydrogen) atoms. The summed E-state index contributed by atoms with van der Waals surface area (Å²) in [7, 11) is 0. The predicted molar refractivity (Wildman–Crippen MR) is 74.3 cm³/mol. The molecule has 0 atom stereocenters. The zero-order valence-corrected chi connectivity index (χ0v) is 11.1. The zero-order chi connectivity index (χ0) is 15.4. The number of aliphatic carboxylic acids is 1. The summed E-state index contributed by atoms with van der Waals surface area (Å²) in [4.78, 5) is 10.4. The monoisotopic (exact) mass is 290 g/mol. The van der Waals surface area contributed by atoms with Crippen molar-refractivity contribution in [1.29, 1.82) is 0 Å². The third-order valence-corrected chi connectivity index (χ3v) is 2.74. The van der Waals surface area contributed by atoms with Gasteiger partial charge in [0.1, 0.15) is 5.75 Å². The molecule has 0 radical (unpaired) electrons. The van der Waals surface area contributed by atoms with Crippen LogP contribution in [-0.4, -0.2) is 11.1 Å². The lowest BCUT2D eigenvalue weighted by atomic mass is 10.1. The molecule has 0 aliphatic rings. The Bertz CT molecular complexity index is 685. The molecule has 0 bridgehead atoms. The van der Waals surface area contributed by atoms with E-state index in [1.54, 1.807) is 31.2 Å². The van der Waals surface area contributed by atoms with Crippen molar-refractivity contribution in [3.63, 3.8) is 0 Å². The van der Waals surface area contributed by atoms with Crippen LogP contribution in [0.15, 0.2) is 42.5 Å². The minimum atomic E-state index is -1.20. The quantitative estimate of drug-likeness (QED) is 0.860. The van der Waals surface area contributed by atoms with Crippen molar-refractivity contribution in [3.8, 4) is 11.5 Å². The summed E-state index contributed by atoms with van der Waals surface area (Å²) in [5.74, 6) is -3.16. The number of para-hydroxylation sites is 1. The Morgan fingerprint density at radius 3 is 2.38 bits per heavy atom. The second kappa shape index (κ2) is 6.17. The van der Waals surface area contributed by atoms with Crippen LogP contribution in [0.4, 0.5) is 8.78 Å². The van der Waals surface area contributed by atoms with E-state index >= 15 is 0 Å². The smallest absolute Gasteiger partial charge is 0.328 e. The molecule has 2 aromatic carbocycles. The highest BCUT2D eigenvalue weighted by Crippen LogP contribution is 2.30. The van der Waals surface area contributed by atoms with Crippen LogP contribution in [0.2, 0.25) is 0 Å². The van der Waals surface area contributed by atoms with E-state index in [1.165, 1.54) is 0 Å². The van der Waals surface area contributed by atoms with Gasteiger partial charge >= 0.3 is 5.97 Å². The molecule has 108 valence electrons. The fraction of sp³-hybridized carbons (Fsp3) is 0.0625. The largest absolute Gasteiger partial charge is 0.478 e. The van der Waals surface area contributed by atoms with Crippen LogP contribution < -0.4 is 4.74 Å². The molecule has 5 heteroatoms. The van der Waals surface area contributed by atoms with Gasteiger partial charge in [-0.05, 0) is 42.3 Å². The number of halogens is 2. The maximum atomic E-state index is 13.9. The maximum absolute atomic E-state index is 13.9. The molecule has 0 fully saturated rings. The average molecular weight is 290 g/mol. The van der Waals surface area contributed by atoms with E-state index in [4.69, 9.17) is 9.84 Å². The van der Waals surface area contributed by atoms with E-state index < -0.39 is 23.4 Å². The van der Waals surface area contributed by atoms with E-state index in [2.05, 4.69) is 0 Å². The van der Waals surface area contributed by atoms with E-state index in [-0.39, 0.29) is 5.56 Å². The summed E-state index contributed by atoms with van der Waals surface area (Å²) in [5, 5.41) is 8.49. The molecule has 0 aliphatic heterocycles. The van der Waals surface area contributed by atoms with Gasteiger partial charge in [0.05, 0.1) is 0 Å². The zero-order valence-electron chi connectivity index (χ0n) is 11.1. The fourth-order valence-corrected chi connectivity index (χ4v) is 1.72. The number of rotatable bonds is 4. The number of hydrogen-bond acceptors (Lipinski definition) is 2. The molecule has 3 nitrogen and oxygen atoms in total. The van der Waals surface area contributed by atoms with Gasteiger partial charge in [-0.15, -0.1) is 0 Å². The van der Waals surface area contributed by atoms with Crippen molar-refractivity contribution in [2.24, 2.45) is 0 Å². The topological polar surface area (TPSA) is 46.5 Å². The molecular formula is C16H12F2O3. The minimum Gasteiger partial charge on any atom is -0.478 e. The second-order valence-corrected chi connectivity index (χ2v) is 4.35. The third kappa shape index (κ3) is 3.66. The van der Waals surface area contributed by atoms with E-state index in [0.717, 1.165) is 29.8 Å². The van der Waals surface area contributed by atoms with Gasteiger partial charge in [0.15, 0.2) is 17.4 Å². The lowest BCUT2D eigenvalue weighted by Crippen LogP contribution is -1.95. The first-order chi connectivity index (χ1) is 9.97. The first kappa shape index (κ1) is 14.7. The van der Waals surface area contributed by atoms with Crippen LogP contribution >= 0.6 is 0 Å². The van der Waals surface area contributed by atoms with Crippen LogP contribution in [0.25, 0.3) is 6.08 Å². The van der Waals surface area contributed by atoms with E-state index in [1.807, 2.05) is 0 Å². The number of carbonyl (C=O) groups is 1. The second-order valence-electron chi connectivity index (χ2n) is 4.35. The molecule has 0 spiro atoms. The molecular weight excluding hydrogens is 278 g/mol. The fourth-order valence-electron chi connectivity index (χ4n) is 1.72. The van der Waals surface area contributed by atoms with Crippen molar-refractivity contribution >= 4 is 12.0 Å². The van der Waals surface area contributed by atoms with Gasteiger partial charge in [-0.1, -0.05) is 18.2 Å². The molecule has 0 saturated carbocycles. The highest BCUT2D eigenvalue weighted by Gasteiger charge is 2.14. The number of benzene rings is 2. The van der Waals surface area contributed by atoms with Gasteiger partial charge in [-0.2, -0.15) is 0 Å². The molecule has 0 heterocycles. The van der Waals surface area contributed by atoms with Crippen molar-refractivity contribution in [3.05, 3.63) is 65.2 Å². The Kier molecular flexibility index (Phi) is 4.33. The normalized spacial score (nSPS) is 10.8. The van der Waals surface area contributed by atoms with Crippen molar-refractivity contribution in [1.82, 2.24) is 0 Å². The van der Waals surface area contributed by atoms with Gasteiger partial charge in [0.25, 0.3) is 0 Å². The van der Waals surface area contributed by atoms with E-state index in [0.29, 0.717) is 5.75 Å². The highest BCUT2D eigenvalue weighted by atomic mass is 19.1. The van der Waals surface area contributed by atoms with Gasteiger partial charge in [0.2, 0.25) is 0 Å². The van der Waals surface area contributed by atoms with E-state index in [9.17, 15) is 13.6 Å². The Hall–Kier alpha value is -2.69. The SMILES string of the molecule is Cc1ccccc1Oc1c(F)cc(C=CC(=O)O)cc1F. The highest BCUT2D eigenvalue weighted by molar-refractivity contribution is 5.85. The Balaban J connectivity index is 2.34. The average Bonchev–Trinajstić information content (AvgIpc) is 2.42. The van der Waals surface area contributed by atoms with Crippen molar-refractivity contribution < 1.29 is 23.4 Å². The van der Waals surface area contributed by atoms with Crippen molar-refractivity contribution in [2.45, 2.75) is 6.92 Å². The first-order valence-corrected chi connectivity index (χ1v) is 6.11. The maximum Gasteiger partial charge on any atom is 0.328 e. The molecule has 0 unspecified atom stereocenters. The van der Waals surface area contributed by atoms with Crippen molar-refractivity contribution in [2.75, 3.05) is 0 Å². The molecule has 2 aromatic rings. The lowest BCUT2D eigenvalue weighted by molar-refractivity contribution is -0.131. The molecule has 1 N–H and O–H groups in total. The third-order valence-electron chi connectivity index (χ3n) is 2.74. The number of carboxylic acid groups (broad SMARTS) is 1. The summed E-state index contributed by atoms with van der Waals surface area (Å²) < 4.78 is 33.1. The number of aryl methyl sites for hydroxylation is 1. The summed E-state index contributed by atoms with van der Waals surface area (Å²) in [6.45, 7) is 1.76. The molecule has 0 amide bonds. The summed E-state index contributed by atoms with van der Waals surface area (Å²) >= 11 is 0. The Morgan fingerprint density at radius 1 is 1.19 bits per heavy atom. The molecule has 0 aliphatic carbocycles. The summed E-state index contributed by atoms with van der Waals surface area (Å²) in [6.07, 6.45) is 1.90.